The number of carbonyl (C=O) groups excluding carboxylic acids is 1. The molecule has 5 nitrogen and oxygen atoms in total. The first-order valence-electron chi connectivity index (χ1n) is 9.95. The molecule has 1 amide bonds. The zero-order valence-electron chi connectivity index (χ0n) is 16.2. The molecule has 3 aromatic rings. The minimum absolute atomic E-state index is 0.0538. The van der Waals surface area contributed by atoms with Crippen molar-refractivity contribution in [2.45, 2.75) is 18.9 Å². The fraction of sp³-hybridized carbons (Fsp3) is 0.250. The van der Waals surface area contributed by atoms with Crippen molar-refractivity contribution < 1.29 is 9.53 Å². The number of amides is 1. The average Bonchev–Trinajstić information content (AvgIpc) is 3.27. The van der Waals surface area contributed by atoms with E-state index in [2.05, 4.69) is 4.98 Å². The fourth-order valence-electron chi connectivity index (χ4n) is 3.71. The summed E-state index contributed by atoms with van der Waals surface area (Å²) >= 11 is 0. The van der Waals surface area contributed by atoms with Crippen LogP contribution in [0.2, 0.25) is 0 Å². The lowest BCUT2D eigenvalue weighted by Gasteiger charge is -2.25. The van der Waals surface area contributed by atoms with E-state index in [0.29, 0.717) is 29.4 Å². The summed E-state index contributed by atoms with van der Waals surface area (Å²) in [5.41, 5.74) is 1.41. The molecule has 1 aliphatic heterocycles. The summed E-state index contributed by atoms with van der Waals surface area (Å²) in [5.74, 6) is -0.106. The topological polar surface area (TPSA) is 62.4 Å². The van der Waals surface area contributed by atoms with Crippen molar-refractivity contribution in [2.24, 2.45) is 0 Å². The summed E-state index contributed by atoms with van der Waals surface area (Å²) in [6.07, 6.45) is 7.57. The molecule has 1 aliphatic rings. The van der Waals surface area contributed by atoms with Gasteiger partial charge in [0.15, 0.2) is 0 Å². The molecule has 0 aliphatic carbocycles. The van der Waals surface area contributed by atoms with Gasteiger partial charge in [-0.3, -0.25) is 9.59 Å². The lowest BCUT2D eigenvalue weighted by Crippen LogP contribution is -2.38. The zero-order chi connectivity index (χ0) is 20.1. The van der Waals surface area contributed by atoms with Gasteiger partial charge in [-0.2, -0.15) is 0 Å². The summed E-state index contributed by atoms with van der Waals surface area (Å²) in [6, 6.07) is 17.2. The lowest BCUT2D eigenvalue weighted by molar-refractivity contribution is 0.0555. The number of hydrogen-bond acceptors (Lipinski definition) is 3. The van der Waals surface area contributed by atoms with Gasteiger partial charge in [0, 0.05) is 36.7 Å². The van der Waals surface area contributed by atoms with Gasteiger partial charge in [-0.15, -0.1) is 0 Å². The number of fused-ring (bicyclic) bond motifs is 1. The number of benzene rings is 2. The molecule has 4 rings (SSSR count). The summed E-state index contributed by atoms with van der Waals surface area (Å²) in [6.45, 7) is 1.75. The van der Waals surface area contributed by atoms with Crippen LogP contribution in [-0.2, 0) is 4.74 Å². The number of aromatic amines is 1. The standard InChI is InChI=1S/C24H24N2O3/c27-23-21-13-5-4-12-20(21)22(16-25-23)24(28)26(17-19-11-7-15-29-19)14-6-10-18-8-2-1-3-9-18/h1-6,8-10,12-13,16,19H,7,11,14-15,17H2,(H,25,27). The van der Waals surface area contributed by atoms with E-state index in [4.69, 9.17) is 4.74 Å². The van der Waals surface area contributed by atoms with Gasteiger partial charge >= 0.3 is 0 Å². The summed E-state index contributed by atoms with van der Waals surface area (Å²) in [4.78, 5) is 30.0. The SMILES string of the molecule is O=C(c1c[nH]c(=O)c2ccccc12)N(CC=Cc1ccccc1)CC1CCCO1. The number of aromatic nitrogens is 1. The van der Waals surface area contributed by atoms with Crippen LogP contribution in [0.3, 0.4) is 0 Å². The van der Waals surface area contributed by atoms with E-state index in [1.54, 1.807) is 17.0 Å². The molecule has 1 N–H and O–H groups in total. The third-order valence-corrected chi connectivity index (χ3v) is 5.21. The van der Waals surface area contributed by atoms with Gasteiger partial charge in [-0.1, -0.05) is 60.7 Å². The first kappa shape index (κ1) is 19.2. The summed E-state index contributed by atoms with van der Waals surface area (Å²) in [5, 5.41) is 1.20. The van der Waals surface area contributed by atoms with Crippen LogP contribution in [0.5, 0.6) is 0 Å². The molecule has 1 fully saturated rings. The van der Waals surface area contributed by atoms with Gasteiger partial charge in [-0.25, -0.2) is 0 Å². The highest BCUT2D eigenvalue weighted by Crippen LogP contribution is 2.19. The van der Waals surface area contributed by atoms with E-state index in [9.17, 15) is 9.59 Å². The van der Waals surface area contributed by atoms with Crippen molar-refractivity contribution in [3.8, 4) is 0 Å². The number of rotatable bonds is 6. The Balaban J connectivity index is 1.61. The molecule has 0 radical (unpaired) electrons. The smallest absolute Gasteiger partial charge is 0.256 e. The molecule has 0 saturated carbocycles. The van der Waals surface area contributed by atoms with E-state index in [1.165, 1.54) is 6.20 Å². The predicted molar refractivity (Wildman–Crippen MR) is 115 cm³/mol. The maximum Gasteiger partial charge on any atom is 0.256 e. The Morgan fingerprint density at radius 1 is 1.10 bits per heavy atom. The third kappa shape index (κ3) is 4.46. The van der Waals surface area contributed by atoms with Crippen LogP contribution in [0.25, 0.3) is 16.8 Å². The molecule has 2 heterocycles. The second kappa shape index (κ2) is 8.88. The second-order valence-corrected chi connectivity index (χ2v) is 7.24. The monoisotopic (exact) mass is 388 g/mol. The van der Waals surface area contributed by atoms with E-state index >= 15 is 0 Å². The van der Waals surface area contributed by atoms with Crippen LogP contribution in [0.15, 0.2) is 71.7 Å². The van der Waals surface area contributed by atoms with Crippen LogP contribution >= 0.6 is 0 Å². The van der Waals surface area contributed by atoms with Gasteiger partial charge in [0.1, 0.15) is 0 Å². The van der Waals surface area contributed by atoms with Gasteiger partial charge < -0.3 is 14.6 Å². The Morgan fingerprint density at radius 2 is 1.86 bits per heavy atom. The molecule has 1 aromatic heterocycles. The normalized spacial score (nSPS) is 16.5. The van der Waals surface area contributed by atoms with Crippen molar-refractivity contribution in [1.29, 1.82) is 0 Å². The fourth-order valence-corrected chi connectivity index (χ4v) is 3.71. The second-order valence-electron chi connectivity index (χ2n) is 7.24. The average molecular weight is 388 g/mol. The van der Waals surface area contributed by atoms with Crippen molar-refractivity contribution in [3.63, 3.8) is 0 Å². The summed E-state index contributed by atoms with van der Waals surface area (Å²) in [7, 11) is 0. The maximum atomic E-state index is 13.4. The molecule has 1 saturated heterocycles. The zero-order valence-corrected chi connectivity index (χ0v) is 16.2. The number of nitrogens with zero attached hydrogens (tertiary/aromatic N) is 1. The lowest BCUT2D eigenvalue weighted by atomic mass is 10.1. The van der Waals surface area contributed by atoms with Crippen LogP contribution in [0.4, 0.5) is 0 Å². The highest BCUT2D eigenvalue weighted by atomic mass is 16.5. The highest BCUT2D eigenvalue weighted by Gasteiger charge is 2.24. The Kier molecular flexibility index (Phi) is 5.86. The van der Waals surface area contributed by atoms with Crippen LogP contribution in [-0.4, -0.2) is 41.6 Å². The highest BCUT2D eigenvalue weighted by molar-refractivity contribution is 6.06. The molecule has 29 heavy (non-hydrogen) atoms. The molecular formula is C24H24N2O3. The van der Waals surface area contributed by atoms with Gasteiger partial charge in [0.05, 0.1) is 11.7 Å². The van der Waals surface area contributed by atoms with E-state index < -0.39 is 0 Å². The Labute approximate surface area is 169 Å². The third-order valence-electron chi connectivity index (χ3n) is 5.21. The van der Waals surface area contributed by atoms with Gasteiger partial charge in [0.2, 0.25) is 0 Å². The number of ether oxygens (including phenoxy) is 1. The molecule has 1 unspecified atom stereocenters. The number of H-pyrrole nitrogens is 1. The Morgan fingerprint density at radius 3 is 2.62 bits per heavy atom. The molecule has 1 atom stereocenters. The molecule has 2 aromatic carbocycles. The van der Waals surface area contributed by atoms with E-state index in [1.807, 2.05) is 54.6 Å². The molecular weight excluding hydrogens is 364 g/mol. The van der Waals surface area contributed by atoms with Crippen molar-refractivity contribution >= 4 is 22.8 Å². The van der Waals surface area contributed by atoms with Crippen LogP contribution in [0.1, 0.15) is 28.8 Å². The van der Waals surface area contributed by atoms with Crippen molar-refractivity contribution in [1.82, 2.24) is 9.88 Å². The van der Waals surface area contributed by atoms with Crippen molar-refractivity contribution in [3.05, 3.63) is 88.4 Å². The minimum Gasteiger partial charge on any atom is -0.376 e. The number of carbonyl (C=O) groups is 1. The Hall–Kier alpha value is -3.18. The Bertz CT molecular complexity index is 1070. The number of nitrogens with one attached hydrogen (secondary N) is 1. The molecule has 0 spiro atoms. The quantitative estimate of drug-likeness (QED) is 0.697. The summed E-state index contributed by atoms with van der Waals surface area (Å²) < 4.78 is 5.76. The first-order valence-corrected chi connectivity index (χ1v) is 9.95. The molecule has 148 valence electrons. The van der Waals surface area contributed by atoms with Crippen molar-refractivity contribution in [2.75, 3.05) is 19.7 Å². The van der Waals surface area contributed by atoms with Crippen LogP contribution < -0.4 is 5.56 Å². The van der Waals surface area contributed by atoms with Gasteiger partial charge in [0.25, 0.3) is 11.5 Å². The predicted octanol–water partition coefficient (Wildman–Crippen LogP) is 3.86. The van der Waals surface area contributed by atoms with E-state index in [0.717, 1.165) is 25.0 Å². The van der Waals surface area contributed by atoms with Crippen LogP contribution in [0, 0.1) is 0 Å². The number of hydrogen-bond donors (Lipinski definition) is 1. The maximum absolute atomic E-state index is 13.4. The number of pyridine rings is 1. The molecule has 5 heteroatoms. The minimum atomic E-state index is -0.188. The van der Waals surface area contributed by atoms with Gasteiger partial charge in [-0.05, 0) is 24.5 Å². The molecule has 0 bridgehead atoms. The first-order chi connectivity index (χ1) is 14.2. The van der Waals surface area contributed by atoms with E-state index in [-0.39, 0.29) is 17.6 Å². The largest absolute Gasteiger partial charge is 0.376 e.